The van der Waals surface area contributed by atoms with Crippen LogP contribution in [0.1, 0.15) is 12.8 Å². The van der Waals surface area contributed by atoms with E-state index in [2.05, 4.69) is 20.6 Å². The molecule has 1 atom stereocenters. The zero-order chi connectivity index (χ0) is 11.4. The monoisotopic (exact) mass is 294 g/mol. The second-order valence-electron chi connectivity index (χ2n) is 3.74. The number of nitrogens with zero attached hydrogens (tertiary/aromatic N) is 2. The number of rotatable bonds is 4. The predicted octanol–water partition coefficient (Wildman–Crippen LogP) is 2.44. The summed E-state index contributed by atoms with van der Waals surface area (Å²) in [6.45, 7) is 2.01. The first-order valence-corrected chi connectivity index (χ1v) is 6.94. The van der Waals surface area contributed by atoms with Crippen molar-refractivity contribution in [2.24, 2.45) is 0 Å². The SMILES string of the molecule is CSc1nc(Cl)cc(NCC2CCCN2)n1.Cl. The Kier molecular flexibility index (Phi) is 6.33. The summed E-state index contributed by atoms with van der Waals surface area (Å²) in [4.78, 5) is 8.44. The zero-order valence-electron chi connectivity index (χ0n) is 9.57. The summed E-state index contributed by atoms with van der Waals surface area (Å²) < 4.78 is 0. The molecule has 0 radical (unpaired) electrons. The number of anilines is 1. The molecule has 2 heterocycles. The molecule has 0 amide bonds. The molecule has 1 aromatic heterocycles. The minimum atomic E-state index is 0. The molecule has 4 nitrogen and oxygen atoms in total. The molecule has 0 bridgehead atoms. The molecule has 1 unspecified atom stereocenters. The van der Waals surface area contributed by atoms with Crippen LogP contribution in [0, 0.1) is 0 Å². The third-order valence-corrected chi connectivity index (χ3v) is 3.29. The van der Waals surface area contributed by atoms with Crippen LogP contribution in [0.5, 0.6) is 0 Å². The van der Waals surface area contributed by atoms with Crippen molar-refractivity contribution < 1.29 is 0 Å². The Bertz CT molecular complexity index is 358. The maximum absolute atomic E-state index is 5.90. The fourth-order valence-corrected chi connectivity index (χ4v) is 2.35. The Labute approximate surface area is 117 Å². The van der Waals surface area contributed by atoms with E-state index < -0.39 is 0 Å². The molecule has 7 heteroatoms. The largest absolute Gasteiger partial charge is 0.368 e. The van der Waals surface area contributed by atoms with Crippen molar-refractivity contribution in [3.8, 4) is 0 Å². The maximum atomic E-state index is 5.90. The Morgan fingerprint density at radius 2 is 2.41 bits per heavy atom. The number of hydrogen-bond donors (Lipinski definition) is 2. The van der Waals surface area contributed by atoms with E-state index in [9.17, 15) is 0 Å². The summed E-state index contributed by atoms with van der Waals surface area (Å²) in [6, 6.07) is 2.31. The smallest absolute Gasteiger partial charge is 0.190 e. The predicted molar refractivity (Wildman–Crippen MR) is 75.6 cm³/mol. The van der Waals surface area contributed by atoms with E-state index in [4.69, 9.17) is 11.6 Å². The van der Waals surface area contributed by atoms with Crippen molar-refractivity contribution in [2.45, 2.75) is 24.0 Å². The lowest BCUT2D eigenvalue weighted by Gasteiger charge is -2.12. The third kappa shape index (κ3) is 4.50. The second-order valence-corrected chi connectivity index (χ2v) is 4.90. The van der Waals surface area contributed by atoms with Crippen molar-refractivity contribution in [1.29, 1.82) is 0 Å². The van der Waals surface area contributed by atoms with E-state index in [1.54, 1.807) is 6.07 Å². The van der Waals surface area contributed by atoms with Crippen LogP contribution in [0.3, 0.4) is 0 Å². The second kappa shape index (κ2) is 7.26. The van der Waals surface area contributed by atoms with Gasteiger partial charge < -0.3 is 10.6 Å². The first-order chi connectivity index (χ1) is 7.78. The van der Waals surface area contributed by atoms with Crippen LogP contribution >= 0.6 is 35.8 Å². The van der Waals surface area contributed by atoms with Gasteiger partial charge in [0, 0.05) is 18.7 Å². The lowest BCUT2D eigenvalue weighted by Crippen LogP contribution is -2.29. The van der Waals surface area contributed by atoms with Crippen molar-refractivity contribution in [1.82, 2.24) is 15.3 Å². The zero-order valence-corrected chi connectivity index (χ0v) is 12.0. The van der Waals surface area contributed by atoms with Crippen molar-refractivity contribution in [3.05, 3.63) is 11.2 Å². The van der Waals surface area contributed by atoms with Gasteiger partial charge in [0.2, 0.25) is 0 Å². The van der Waals surface area contributed by atoms with Gasteiger partial charge in [-0.25, -0.2) is 9.97 Å². The fourth-order valence-electron chi connectivity index (χ4n) is 1.74. The molecule has 1 saturated heterocycles. The fraction of sp³-hybridized carbons (Fsp3) is 0.600. The van der Waals surface area contributed by atoms with Gasteiger partial charge in [-0.1, -0.05) is 23.4 Å². The number of halogens is 2. The maximum Gasteiger partial charge on any atom is 0.190 e. The molecule has 0 aromatic carbocycles. The lowest BCUT2D eigenvalue weighted by molar-refractivity contribution is 0.632. The molecule has 96 valence electrons. The van der Waals surface area contributed by atoms with E-state index in [0.29, 0.717) is 16.4 Å². The van der Waals surface area contributed by atoms with E-state index in [0.717, 1.165) is 18.9 Å². The summed E-state index contributed by atoms with van der Waals surface area (Å²) in [5, 5.41) is 7.91. The lowest BCUT2D eigenvalue weighted by atomic mass is 10.2. The molecule has 1 fully saturated rings. The van der Waals surface area contributed by atoms with Gasteiger partial charge in [0.1, 0.15) is 11.0 Å². The van der Waals surface area contributed by atoms with Gasteiger partial charge in [-0.2, -0.15) is 0 Å². The molecule has 0 saturated carbocycles. The summed E-state index contributed by atoms with van der Waals surface area (Å²) in [6.07, 6.45) is 4.42. The van der Waals surface area contributed by atoms with Gasteiger partial charge in [0.25, 0.3) is 0 Å². The highest BCUT2D eigenvalue weighted by molar-refractivity contribution is 7.98. The van der Waals surface area contributed by atoms with Crippen LogP contribution in [0.25, 0.3) is 0 Å². The molecule has 2 N–H and O–H groups in total. The van der Waals surface area contributed by atoms with Crippen molar-refractivity contribution in [2.75, 3.05) is 24.7 Å². The Balaban J connectivity index is 0.00000144. The molecule has 17 heavy (non-hydrogen) atoms. The minimum Gasteiger partial charge on any atom is -0.368 e. The van der Waals surface area contributed by atoms with Crippen LogP contribution < -0.4 is 10.6 Å². The van der Waals surface area contributed by atoms with Gasteiger partial charge in [-0.15, -0.1) is 12.4 Å². The average Bonchev–Trinajstić information content (AvgIpc) is 2.78. The van der Waals surface area contributed by atoms with Crippen LogP contribution in [0.15, 0.2) is 11.2 Å². The van der Waals surface area contributed by atoms with Crippen LogP contribution in [-0.4, -0.2) is 35.4 Å². The van der Waals surface area contributed by atoms with E-state index >= 15 is 0 Å². The van der Waals surface area contributed by atoms with Gasteiger partial charge in [-0.05, 0) is 25.6 Å². The number of thioether (sulfide) groups is 1. The molecule has 2 rings (SSSR count). The molecule has 0 aliphatic carbocycles. The summed E-state index contributed by atoms with van der Waals surface area (Å²) in [5.41, 5.74) is 0. The number of hydrogen-bond acceptors (Lipinski definition) is 5. The molecule has 0 spiro atoms. The standard InChI is InChI=1S/C10H15ClN4S.ClH/c1-16-10-14-8(11)5-9(15-10)13-6-7-3-2-4-12-7;/h5,7,12H,2-4,6H2,1H3,(H,13,14,15);1H. The quantitative estimate of drug-likeness (QED) is 0.507. The van der Waals surface area contributed by atoms with Gasteiger partial charge in [0.05, 0.1) is 0 Å². The van der Waals surface area contributed by atoms with Gasteiger partial charge in [0.15, 0.2) is 5.16 Å². The van der Waals surface area contributed by atoms with Crippen LogP contribution in [-0.2, 0) is 0 Å². The molecule has 1 aliphatic rings. The normalized spacial score (nSPS) is 18.8. The number of nitrogens with one attached hydrogen (secondary N) is 2. The molecule has 1 aromatic rings. The summed E-state index contributed by atoms with van der Waals surface area (Å²) in [5.74, 6) is 0.804. The number of aromatic nitrogens is 2. The van der Waals surface area contributed by atoms with Crippen LogP contribution in [0.4, 0.5) is 5.82 Å². The first-order valence-electron chi connectivity index (χ1n) is 5.34. The highest BCUT2D eigenvalue weighted by Crippen LogP contribution is 2.17. The first kappa shape index (κ1) is 14.8. The Morgan fingerprint density at radius 1 is 1.59 bits per heavy atom. The highest BCUT2D eigenvalue weighted by Gasteiger charge is 2.13. The highest BCUT2D eigenvalue weighted by atomic mass is 35.5. The Hall–Kier alpha value is -0.230. The molecular weight excluding hydrogens is 279 g/mol. The van der Waals surface area contributed by atoms with E-state index in [1.807, 2.05) is 6.26 Å². The summed E-state index contributed by atoms with van der Waals surface area (Å²) >= 11 is 7.40. The average molecular weight is 295 g/mol. The van der Waals surface area contributed by atoms with Gasteiger partial charge >= 0.3 is 0 Å². The Morgan fingerprint density at radius 3 is 3.06 bits per heavy atom. The van der Waals surface area contributed by atoms with Crippen molar-refractivity contribution >= 4 is 41.6 Å². The van der Waals surface area contributed by atoms with E-state index in [1.165, 1.54) is 24.6 Å². The third-order valence-electron chi connectivity index (χ3n) is 2.55. The molecular formula is C10H16Cl2N4S. The van der Waals surface area contributed by atoms with Gasteiger partial charge in [-0.3, -0.25) is 0 Å². The van der Waals surface area contributed by atoms with Crippen LogP contribution in [0.2, 0.25) is 5.15 Å². The topological polar surface area (TPSA) is 49.8 Å². The molecule has 1 aliphatic heterocycles. The summed E-state index contributed by atoms with van der Waals surface area (Å²) in [7, 11) is 0. The minimum absolute atomic E-state index is 0. The van der Waals surface area contributed by atoms with Crippen molar-refractivity contribution in [3.63, 3.8) is 0 Å². The van der Waals surface area contributed by atoms with E-state index in [-0.39, 0.29) is 12.4 Å².